The summed E-state index contributed by atoms with van der Waals surface area (Å²) in [6, 6.07) is 45.6. The van der Waals surface area contributed by atoms with Crippen LogP contribution in [0.1, 0.15) is 84.7 Å². The number of halogens is 1. The molecule has 4 N–H and O–H groups in total. The smallest absolute Gasteiger partial charge is 0.488 e. The maximum Gasteiger partial charge on any atom is 0.488 e. The Labute approximate surface area is 421 Å². The zero-order chi connectivity index (χ0) is 48.8. The topological polar surface area (TPSA) is 163 Å². The van der Waals surface area contributed by atoms with E-state index in [9.17, 15) is 0 Å². The van der Waals surface area contributed by atoms with E-state index in [2.05, 4.69) is 127 Å². The number of hydrogen-bond donors (Lipinski definition) is 4. The van der Waals surface area contributed by atoms with Gasteiger partial charge in [-0.15, -0.1) is 0 Å². The minimum absolute atomic E-state index is 0.336. The number of pyridine rings is 2. The predicted octanol–water partition coefficient (Wildman–Crippen LogP) is 8.29. The van der Waals surface area contributed by atoms with Crippen molar-refractivity contribution >= 4 is 28.5 Å². The number of nitrogens with one attached hydrogen (secondary N) is 2. The number of benzene rings is 4. The molecule has 4 bridgehead atoms. The van der Waals surface area contributed by atoms with Crippen molar-refractivity contribution in [2.24, 2.45) is 0 Å². The van der Waals surface area contributed by atoms with Gasteiger partial charge in [0.05, 0.1) is 29.0 Å². The second-order valence-electron chi connectivity index (χ2n) is 18.9. The Balaban J connectivity index is 0.000000158. The van der Waals surface area contributed by atoms with Gasteiger partial charge in [-0.05, 0) is 170 Å². The first-order chi connectivity index (χ1) is 34.1. The molecule has 360 valence electrons. The lowest BCUT2D eigenvalue weighted by Crippen LogP contribution is -2.43. The van der Waals surface area contributed by atoms with Crippen molar-refractivity contribution in [1.82, 2.24) is 30.4 Å². The van der Waals surface area contributed by atoms with E-state index >= 15 is 0 Å². The lowest BCUT2D eigenvalue weighted by molar-refractivity contribution is 0.0659. The van der Waals surface area contributed by atoms with Gasteiger partial charge in [0.1, 0.15) is 28.3 Å². The number of rotatable bonds is 14. The van der Waals surface area contributed by atoms with Crippen LogP contribution >= 0.6 is 15.9 Å². The highest BCUT2D eigenvalue weighted by Crippen LogP contribution is 2.37. The number of fused-ring (bicyclic) bond motifs is 4. The predicted molar refractivity (Wildman–Crippen MR) is 278 cm³/mol. The molecule has 0 spiro atoms. The van der Waals surface area contributed by atoms with E-state index in [1.807, 2.05) is 54.9 Å². The molecule has 0 saturated carbocycles. The molecule has 2 aromatic heterocycles. The molecule has 4 saturated heterocycles. The normalized spacial score (nSPS) is 21.2. The van der Waals surface area contributed by atoms with Crippen molar-refractivity contribution in [2.45, 2.75) is 114 Å². The summed E-state index contributed by atoms with van der Waals surface area (Å²) in [5, 5.41) is 41.6. The van der Waals surface area contributed by atoms with Crippen LogP contribution in [0.4, 0.5) is 0 Å². The van der Waals surface area contributed by atoms with E-state index in [-0.39, 0.29) is 0 Å². The molecule has 70 heavy (non-hydrogen) atoms. The molecule has 6 heterocycles. The summed E-state index contributed by atoms with van der Waals surface area (Å²) in [5.74, 6) is 1.99. The van der Waals surface area contributed by atoms with Crippen LogP contribution in [0.15, 0.2) is 138 Å². The van der Waals surface area contributed by atoms with E-state index in [0.29, 0.717) is 53.0 Å². The van der Waals surface area contributed by atoms with Gasteiger partial charge < -0.3 is 40.0 Å². The molecular weight excluding hydrogens is 939 g/mol. The number of nitriles is 2. The fourth-order valence-corrected chi connectivity index (χ4v) is 10.4. The third-order valence-electron chi connectivity index (χ3n) is 14.1. The molecule has 4 aromatic carbocycles. The van der Waals surface area contributed by atoms with Crippen LogP contribution in [0.2, 0.25) is 0 Å². The van der Waals surface area contributed by atoms with Gasteiger partial charge in [0.15, 0.2) is 0 Å². The fraction of sp³-hybridized carbons (Fsp3) is 0.357. The average molecular weight is 1000 g/mol. The first kappa shape index (κ1) is 50.5. The van der Waals surface area contributed by atoms with Gasteiger partial charge in [0, 0.05) is 68.3 Å². The highest BCUT2D eigenvalue weighted by Gasteiger charge is 2.40. The van der Waals surface area contributed by atoms with Crippen LogP contribution in [-0.4, -0.2) is 87.4 Å². The average Bonchev–Trinajstić information content (AvgIpc) is 3.69. The van der Waals surface area contributed by atoms with Crippen LogP contribution in [0.3, 0.4) is 0 Å². The largest absolute Gasteiger partial charge is 0.490 e. The summed E-state index contributed by atoms with van der Waals surface area (Å²) < 4.78 is 13.6. The molecule has 10 rings (SSSR count). The lowest BCUT2D eigenvalue weighted by atomic mass is 9.80. The molecule has 0 aliphatic carbocycles. The molecule has 14 heteroatoms. The van der Waals surface area contributed by atoms with Crippen molar-refractivity contribution in [3.05, 3.63) is 172 Å². The van der Waals surface area contributed by atoms with E-state index in [1.165, 1.54) is 66.6 Å². The van der Waals surface area contributed by atoms with Gasteiger partial charge in [-0.25, -0.2) is 4.98 Å². The monoisotopic (exact) mass is 1000 g/mol. The lowest BCUT2D eigenvalue weighted by Gasteiger charge is -2.36. The molecule has 4 aliphatic rings. The molecule has 4 fully saturated rings. The summed E-state index contributed by atoms with van der Waals surface area (Å²) in [4.78, 5) is 13.9. The van der Waals surface area contributed by atoms with Crippen LogP contribution in [0.25, 0.3) is 11.3 Å². The Hall–Kier alpha value is -5.94. The minimum Gasteiger partial charge on any atom is -0.490 e. The molecule has 4 aliphatic heterocycles. The first-order valence-corrected chi connectivity index (χ1v) is 25.2. The SMILES string of the molecule is CN1[C@@H]2CC[C@H]1CC(Oc1cccc(CNCc3ccc(-c4ccc(C#N)cc4)nc3)c1)C2.CN1[C@@H]2CC[C@H]1CC(Oc1cccc(CNCc3ccc(Br)nc3)c1)C2.N#Cc1ccc(B(O)O)cc1. The quantitative estimate of drug-likeness (QED) is 0.0612. The van der Waals surface area contributed by atoms with Crippen LogP contribution in [0, 0.1) is 22.7 Å². The van der Waals surface area contributed by atoms with E-state index in [1.54, 1.807) is 0 Å². The van der Waals surface area contributed by atoms with Crippen molar-refractivity contribution in [2.75, 3.05) is 14.1 Å². The van der Waals surface area contributed by atoms with Gasteiger partial charge in [0.2, 0.25) is 0 Å². The number of hydrogen-bond acceptors (Lipinski definition) is 12. The van der Waals surface area contributed by atoms with Crippen LogP contribution in [-0.2, 0) is 26.2 Å². The number of piperidine rings is 2. The standard InChI is InChI=1S/C28H30N4O.C21H26BrN3O.C7H6BNO2/c1-32-24-10-11-25(32)15-27(14-24)33-26-4-2-3-21(13-26)17-30-18-22-7-12-28(31-19-22)23-8-5-20(16-29)6-9-23;1-25-17-6-7-18(25)11-20(10-17)26-19-4-2-3-15(9-19)12-23-13-16-5-8-21(22)24-14-16;9-5-6-1-3-7(4-2-6)8(10)11/h2-9,12-13,19,24-25,27,30H,10-11,14-15,17-18H2,1H3;2-5,8-9,14,17-18,20,23H,6-7,10-13H2,1H3;1-4,10-11H/t24-,25+,27?;17-,18+,20?;. The van der Waals surface area contributed by atoms with E-state index < -0.39 is 7.12 Å². The van der Waals surface area contributed by atoms with Gasteiger partial charge in [-0.1, -0.05) is 60.7 Å². The number of aromatic nitrogens is 2. The number of nitrogens with zero attached hydrogens (tertiary/aromatic N) is 6. The summed E-state index contributed by atoms with van der Waals surface area (Å²) in [6.45, 7) is 3.17. The Morgan fingerprint density at radius 2 is 1.03 bits per heavy atom. The van der Waals surface area contributed by atoms with Gasteiger partial charge in [-0.3, -0.25) is 4.98 Å². The van der Waals surface area contributed by atoms with Crippen molar-refractivity contribution < 1.29 is 19.5 Å². The third kappa shape index (κ3) is 14.1. The van der Waals surface area contributed by atoms with Crippen molar-refractivity contribution in [1.29, 1.82) is 10.5 Å². The Morgan fingerprint density at radius 1 is 0.586 bits per heavy atom. The van der Waals surface area contributed by atoms with Crippen LogP contribution in [0.5, 0.6) is 11.5 Å². The molecule has 12 nitrogen and oxygen atoms in total. The van der Waals surface area contributed by atoms with E-state index in [4.69, 9.17) is 30.0 Å². The number of ether oxygens (including phenoxy) is 2. The van der Waals surface area contributed by atoms with Crippen molar-refractivity contribution in [3.8, 4) is 34.9 Å². The Kier molecular flexibility index (Phi) is 17.8. The maximum absolute atomic E-state index is 8.94. The van der Waals surface area contributed by atoms with Gasteiger partial charge in [0.25, 0.3) is 0 Å². The maximum atomic E-state index is 8.94. The second kappa shape index (κ2) is 24.8. The summed E-state index contributed by atoms with van der Waals surface area (Å²) in [7, 11) is 3.08. The zero-order valence-corrected chi connectivity index (χ0v) is 41.6. The summed E-state index contributed by atoms with van der Waals surface area (Å²) in [6.07, 6.45) is 14.4. The second-order valence-corrected chi connectivity index (χ2v) is 19.7. The van der Waals surface area contributed by atoms with Crippen LogP contribution < -0.4 is 25.6 Å². The molecule has 6 aromatic rings. The molecule has 0 amide bonds. The summed E-state index contributed by atoms with van der Waals surface area (Å²) in [5.41, 5.74) is 8.29. The molecular formula is C56H62BBrN8O4. The summed E-state index contributed by atoms with van der Waals surface area (Å²) >= 11 is 3.37. The third-order valence-corrected chi connectivity index (χ3v) is 14.6. The Bertz CT molecular complexity index is 2650. The van der Waals surface area contributed by atoms with E-state index in [0.717, 1.165) is 84.8 Å². The molecule has 2 unspecified atom stereocenters. The van der Waals surface area contributed by atoms with Crippen molar-refractivity contribution in [3.63, 3.8) is 0 Å². The molecule has 6 atom stereocenters. The first-order valence-electron chi connectivity index (χ1n) is 24.4. The highest BCUT2D eigenvalue weighted by molar-refractivity contribution is 9.10. The molecule has 0 radical (unpaired) electrons. The zero-order valence-electron chi connectivity index (χ0n) is 40.0. The highest BCUT2D eigenvalue weighted by atomic mass is 79.9. The Morgan fingerprint density at radius 3 is 1.44 bits per heavy atom. The minimum atomic E-state index is -1.46. The van der Waals surface area contributed by atoms with Gasteiger partial charge >= 0.3 is 7.12 Å². The fourth-order valence-electron chi connectivity index (χ4n) is 10.1. The van der Waals surface area contributed by atoms with Gasteiger partial charge in [-0.2, -0.15) is 10.5 Å².